The number of ether oxygens (including phenoxy) is 1. The molecule has 2 aliphatic heterocycles. The number of rotatable bonds is 3. The molecule has 0 bridgehead atoms. The van der Waals surface area contributed by atoms with Crippen LogP contribution in [0.15, 0.2) is 48.0 Å². The predicted octanol–water partition coefficient (Wildman–Crippen LogP) is 1.37. The Balaban J connectivity index is 1.53. The summed E-state index contributed by atoms with van der Waals surface area (Å²) in [6.07, 6.45) is 12.9. The van der Waals surface area contributed by atoms with Gasteiger partial charge in [0.15, 0.2) is 0 Å². The number of imidazole rings is 1. The first-order valence-corrected chi connectivity index (χ1v) is 13.3. The van der Waals surface area contributed by atoms with E-state index < -0.39 is 6.10 Å². The molecule has 0 saturated carbocycles. The summed E-state index contributed by atoms with van der Waals surface area (Å²) in [5, 5.41) is 11.1. The van der Waals surface area contributed by atoms with Crippen molar-refractivity contribution in [2.24, 2.45) is 0 Å². The van der Waals surface area contributed by atoms with Gasteiger partial charge in [0.25, 0.3) is 0 Å². The summed E-state index contributed by atoms with van der Waals surface area (Å²) in [6.45, 7) is 0. The summed E-state index contributed by atoms with van der Waals surface area (Å²) >= 11 is 3.42. The van der Waals surface area contributed by atoms with Crippen molar-refractivity contribution in [2.75, 3.05) is 5.73 Å². The molecule has 3 N–H and O–H groups in total. The van der Waals surface area contributed by atoms with Crippen LogP contribution in [0.4, 0.5) is 5.82 Å². The van der Waals surface area contributed by atoms with Gasteiger partial charge in [0.1, 0.15) is 0 Å². The molecule has 0 aromatic carbocycles. The fourth-order valence-electron chi connectivity index (χ4n) is 3.07. The van der Waals surface area contributed by atoms with Crippen LogP contribution in [0.2, 0.25) is 4.82 Å². The summed E-state index contributed by atoms with van der Waals surface area (Å²) in [6, 6.07) is 0. The van der Waals surface area contributed by atoms with E-state index in [2.05, 4.69) is 54.2 Å². The van der Waals surface area contributed by atoms with Crippen LogP contribution in [-0.2, 0) is 4.74 Å². The van der Waals surface area contributed by atoms with Crippen LogP contribution >= 0.6 is 10.2 Å². The quantitative estimate of drug-likeness (QED) is 0.598. The van der Waals surface area contributed by atoms with E-state index in [4.69, 9.17) is 10.5 Å². The molecule has 7 nitrogen and oxygen atoms in total. The zero-order valence-corrected chi connectivity index (χ0v) is 18.4. The molecule has 0 amide bonds. The molecule has 27 heavy (non-hydrogen) atoms. The van der Waals surface area contributed by atoms with E-state index >= 15 is 0 Å². The second-order valence-electron chi connectivity index (χ2n) is 6.17. The van der Waals surface area contributed by atoms with Crippen molar-refractivity contribution in [2.45, 2.75) is 34.9 Å². The minimum absolute atomic E-state index is 0.209. The van der Waals surface area contributed by atoms with Crippen LogP contribution in [0.25, 0.3) is 11.2 Å². The van der Waals surface area contributed by atoms with Gasteiger partial charge >= 0.3 is 175 Å². The zero-order valence-electron chi connectivity index (χ0n) is 14.2. The normalized spacial score (nSPS) is 31.1. The number of allylic oxidation sites excluding steroid dienone is 4. The van der Waals surface area contributed by atoms with Crippen molar-refractivity contribution in [3.05, 3.63) is 48.0 Å². The molecule has 10 heteroatoms. The first-order chi connectivity index (χ1) is 13.1. The Morgan fingerprint density at radius 3 is 3.00 bits per heavy atom. The van der Waals surface area contributed by atoms with Crippen LogP contribution < -0.4 is 5.73 Å². The third-order valence-corrected chi connectivity index (χ3v) is 9.59. The van der Waals surface area contributed by atoms with Gasteiger partial charge in [-0.2, -0.15) is 0 Å². The van der Waals surface area contributed by atoms with Gasteiger partial charge in [-0.3, -0.25) is 0 Å². The number of aliphatic hydroxyl groups excluding tert-OH is 1. The van der Waals surface area contributed by atoms with E-state index in [9.17, 15) is 5.11 Å². The molecule has 1 unspecified atom stereocenters. The Labute approximate surface area is 174 Å². The van der Waals surface area contributed by atoms with Crippen molar-refractivity contribution in [3.8, 4) is 0 Å². The molecule has 4 rings (SSSR count). The third-order valence-electron chi connectivity index (χ3n) is 4.41. The molecule has 2 aromatic rings. The molecule has 1 saturated heterocycles. The average molecular weight is 514 g/mol. The van der Waals surface area contributed by atoms with Crippen LogP contribution in [0.5, 0.6) is 0 Å². The van der Waals surface area contributed by atoms with E-state index in [0.717, 1.165) is 6.42 Å². The number of aliphatic hydroxyl groups is 1. The molecule has 4 heterocycles. The summed E-state index contributed by atoms with van der Waals surface area (Å²) in [5.74, 6) is 0.334. The van der Waals surface area contributed by atoms with E-state index in [1.165, 1.54) is 6.33 Å². The number of nitrogens with two attached hydrogens (primary N) is 1. The number of nitrogen functional groups attached to an aromatic ring is 1. The van der Waals surface area contributed by atoms with Crippen molar-refractivity contribution in [1.29, 1.82) is 0 Å². The van der Waals surface area contributed by atoms with Gasteiger partial charge < -0.3 is 0 Å². The Morgan fingerprint density at radius 2 is 2.11 bits per heavy atom. The Morgan fingerprint density at radius 1 is 1.26 bits per heavy atom. The van der Waals surface area contributed by atoms with Gasteiger partial charge in [-0.1, -0.05) is 0 Å². The Bertz CT molecular complexity index is 903. The monoisotopic (exact) mass is 516 g/mol. The number of anilines is 1. The molecule has 1 fully saturated rings. The van der Waals surface area contributed by atoms with E-state index in [0.29, 0.717) is 36.1 Å². The molecule has 1 radical (unpaired) electrons. The average Bonchev–Trinajstić information content (AvgIpc) is 3.23. The molecule has 0 aliphatic carbocycles. The third kappa shape index (κ3) is 4.03. The first-order valence-electron chi connectivity index (χ1n) is 8.39. The SMILES string of the molecule is Nc1ncnc2c1ncn2[C@@H]1O[C@H](CC2C=CC=CC=C[Se]S2)[C@@H](O)[C@H]1[Se]. The summed E-state index contributed by atoms with van der Waals surface area (Å²) in [7, 11) is 1.90. The second kappa shape index (κ2) is 8.49. The second-order valence-corrected chi connectivity index (χ2v) is 11.3. The van der Waals surface area contributed by atoms with Crippen molar-refractivity contribution in [3.63, 3.8) is 0 Å². The van der Waals surface area contributed by atoms with Gasteiger partial charge in [-0.05, 0) is 0 Å². The number of hydrogen-bond donors (Lipinski definition) is 2. The van der Waals surface area contributed by atoms with Gasteiger partial charge in [0, 0.05) is 0 Å². The fourth-order valence-corrected chi connectivity index (χ4v) is 7.33. The number of fused-ring (bicyclic) bond motifs is 1. The molecular weight excluding hydrogens is 496 g/mol. The standard InChI is InChI=1S/C17H18N5O2SSe2/c18-15-12-16(20-8-19-15)22(9-21-12)17-14(26)13(23)11(24-17)7-10-5-3-1-2-4-6-27-25-10/h1-6,8-11,13-14,17,23H,7H2,(H2,18,19,20)/t10?,11-,13-,14-,17-/m1/s1. The van der Waals surface area contributed by atoms with Gasteiger partial charge in [-0.15, -0.1) is 0 Å². The van der Waals surface area contributed by atoms with Crippen molar-refractivity contribution < 1.29 is 9.84 Å². The first kappa shape index (κ1) is 19.2. The van der Waals surface area contributed by atoms with Crippen LogP contribution in [0, 0.1) is 0 Å². The van der Waals surface area contributed by atoms with E-state index in [1.807, 2.05) is 26.9 Å². The fraction of sp³-hybridized carbons (Fsp3) is 0.353. The molecule has 141 valence electrons. The van der Waals surface area contributed by atoms with Gasteiger partial charge in [0.2, 0.25) is 0 Å². The van der Waals surface area contributed by atoms with Crippen LogP contribution in [-0.4, -0.2) is 71.9 Å². The summed E-state index contributed by atoms with van der Waals surface area (Å²) in [5.41, 5.74) is 7.03. The maximum atomic E-state index is 10.8. The molecule has 2 aliphatic rings. The minimum atomic E-state index is -0.605. The van der Waals surface area contributed by atoms with Crippen molar-refractivity contribution >= 4 is 57.0 Å². The number of hydrogen-bond acceptors (Lipinski definition) is 7. The molecule has 0 spiro atoms. The predicted molar refractivity (Wildman–Crippen MR) is 108 cm³/mol. The van der Waals surface area contributed by atoms with Gasteiger partial charge in [0.05, 0.1) is 0 Å². The summed E-state index contributed by atoms with van der Waals surface area (Å²) < 4.78 is 8.07. The molecular formula is C17H18N5O2SSe2. The van der Waals surface area contributed by atoms with E-state index in [-0.39, 0.29) is 17.1 Å². The Kier molecular flexibility index (Phi) is 6.04. The van der Waals surface area contributed by atoms with Crippen LogP contribution in [0.1, 0.15) is 12.6 Å². The van der Waals surface area contributed by atoms with Crippen LogP contribution in [0.3, 0.4) is 0 Å². The molecule has 2 aromatic heterocycles. The number of nitrogens with zero attached hydrogens (tertiary/aromatic N) is 4. The van der Waals surface area contributed by atoms with Crippen molar-refractivity contribution in [1.82, 2.24) is 19.5 Å². The summed E-state index contributed by atoms with van der Waals surface area (Å²) in [4.78, 5) is 14.5. The zero-order chi connectivity index (χ0) is 18.8. The maximum absolute atomic E-state index is 10.8. The molecule has 5 atom stereocenters. The van der Waals surface area contributed by atoms with Gasteiger partial charge in [-0.25, -0.2) is 0 Å². The number of aromatic nitrogens is 4. The topological polar surface area (TPSA) is 99.1 Å². The Hall–Kier alpha value is -1.12. The van der Waals surface area contributed by atoms with E-state index in [1.54, 1.807) is 6.33 Å².